The van der Waals surface area contributed by atoms with Gasteiger partial charge in [-0.25, -0.2) is 0 Å². The minimum Gasteiger partial charge on any atom is -0.372 e. The van der Waals surface area contributed by atoms with Crippen LogP contribution < -0.4 is 0 Å². The molecule has 0 fully saturated rings. The van der Waals surface area contributed by atoms with Crippen LogP contribution in [-0.4, -0.2) is 34.2 Å². The Labute approximate surface area is 95.4 Å². The Balaban J connectivity index is 2.40. The lowest BCUT2D eigenvalue weighted by Crippen LogP contribution is -2.18. The third-order valence-electron chi connectivity index (χ3n) is 1.89. The van der Waals surface area contributed by atoms with E-state index in [-0.39, 0.29) is 6.61 Å². The molecule has 0 aromatic carbocycles. The quantitative estimate of drug-likeness (QED) is 0.647. The fourth-order valence-corrected chi connectivity index (χ4v) is 1.50. The van der Waals surface area contributed by atoms with Crippen LogP contribution in [0.5, 0.6) is 0 Å². The standard InChI is InChI=1S/C8H12F3N3OS/c1-2-14-6(12-13-7(14)16)3-4-15-5-8(9,10)11/h2-5H2,1H3,(H,13,16). The van der Waals surface area contributed by atoms with E-state index in [4.69, 9.17) is 12.2 Å². The van der Waals surface area contributed by atoms with Crippen molar-refractivity contribution in [2.75, 3.05) is 13.2 Å². The van der Waals surface area contributed by atoms with Crippen molar-refractivity contribution in [2.24, 2.45) is 0 Å². The summed E-state index contributed by atoms with van der Waals surface area (Å²) in [6.07, 6.45) is -3.98. The van der Waals surface area contributed by atoms with Crippen LogP contribution in [0.1, 0.15) is 12.7 Å². The predicted octanol–water partition coefficient (Wildman–Crippen LogP) is 2.08. The van der Waals surface area contributed by atoms with Gasteiger partial charge in [-0.05, 0) is 19.1 Å². The van der Waals surface area contributed by atoms with Crippen LogP contribution >= 0.6 is 12.2 Å². The maximum absolute atomic E-state index is 11.8. The van der Waals surface area contributed by atoms with Crippen molar-refractivity contribution >= 4 is 12.2 Å². The molecule has 8 heteroatoms. The zero-order chi connectivity index (χ0) is 12.2. The largest absolute Gasteiger partial charge is 0.411 e. The van der Waals surface area contributed by atoms with Gasteiger partial charge in [0.05, 0.1) is 6.61 Å². The molecule has 0 unspecified atom stereocenters. The number of rotatable bonds is 5. The second-order valence-electron chi connectivity index (χ2n) is 3.11. The van der Waals surface area contributed by atoms with Crippen molar-refractivity contribution in [1.29, 1.82) is 0 Å². The predicted molar refractivity (Wildman–Crippen MR) is 53.7 cm³/mol. The van der Waals surface area contributed by atoms with Gasteiger partial charge < -0.3 is 9.30 Å². The van der Waals surface area contributed by atoms with Crippen LogP contribution in [-0.2, 0) is 17.7 Å². The Morgan fingerprint density at radius 2 is 2.19 bits per heavy atom. The Hall–Kier alpha value is -0.890. The number of nitrogens with zero attached hydrogens (tertiary/aromatic N) is 2. The summed E-state index contributed by atoms with van der Waals surface area (Å²) < 4.78 is 42.0. The van der Waals surface area contributed by atoms with E-state index >= 15 is 0 Å². The third-order valence-corrected chi connectivity index (χ3v) is 2.20. The lowest BCUT2D eigenvalue weighted by Gasteiger charge is -2.07. The summed E-state index contributed by atoms with van der Waals surface area (Å²) in [4.78, 5) is 0. The highest BCUT2D eigenvalue weighted by Crippen LogP contribution is 2.14. The number of ether oxygens (including phenoxy) is 1. The molecule has 0 atom stereocenters. The van der Waals surface area contributed by atoms with Gasteiger partial charge in [0.25, 0.3) is 0 Å². The lowest BCUT2D eigenvalue weighted by atomic mass is 10.4. The number of halogens is 3. The lowest BCUT2D eigenvalue weighted by molar-refractivity contribution is -0.173. The third kappa shape index (κ3) is 3.93. The summed E-state index contributed by atoms with van der Waals surface area (Å²) in [5.41, 5.74) is 0. The normalized spacial score (nSPS) is 12.0. The highest BCUT2D eigenvalue weighted by molar-refractivity contribution is 7.71. The molecule has 1 aromatic heterocycles. The maximum Gasteiger partial charge on any atom is 0.411 e. The SMILES string of the molecule is CCn1c(CCOCC(F)(F)F)n[nH]c1=S. The molecule has 0 saturated carbocycles. The van der Waals surface area contributed by atoms with Gasteiger partial charge in [-0.3, -0.25) is 5.10 Å². The van der Waals surface area contributed by atoms with Crippen LogP contribution in [0.4, 0.5) is 13.2 Å². The Morgan fingerprint density at radius 1 is 1.50 bits per heavy atom. The number of aromatic nitrogens is 3. The molecule has 0 aliphatic rings. The highest BCUT2D eigenvalue weighted by atomic mass is 32.1. The molecule has 0 amide bonds. The average molecular weight is 255 g/mol. The molecule has 0 radical (unpaired) electrons. The molecule has 1 N–H and O–H groups in total. The van der Waals surface area contributed by atoms with E-state index in [9.17, 15) is 13.2 Å². The number of H-pyrrole nitrogens is 1. The van der Waals surface area contributed by atoms with Gasteiger partial charge >= 0.3 is 6.18 Å². The summed E-state index contributed by atoms with van der Waals surface area (Å²) in [6, 6.07) is 0. The summed E-state index contributed by atoms with van der Waals surface area (Å²) in [7, 11) is 0. The van der Waals surface area contributed by atoms with E-state index in [0.717, 1.165) is 0 Å². The van der Waals surface area contributed by atoms with E-state index in [1.54, 1.807) is 4.57 Å². The van der Waals surface area contributed by atoms with E-state index in [0.29, 0.717) is 23.6 Å². The van der Waals surface area contributed by atoms with E-state index in [1.807, 2.05) is 6.92 Å². The van der Waals surface area contributed by atoms with Gasteiger partial charge in [0.1, 0.15) is 12.4 Å². The zero-order valence-corrected chi connectivity index (χ0v) is 9.49. The first-order valence-corrected chi connectivity index (χ1v) is 5.13. The fraction of sp³-hybridized carbons (Fsp3) is 0.750. The first-order chi connectivity index (χ1) is 7.44. The van der Waals surface area contributed by atoms with E-state index in [2.05, 4.69) is 14.9 Å². The number of aromatic amines is 1. The Bertz CT molecular complexity index is 385. The Kier molecular flexibility index (Phi) is 4.48. The van der Waals surface area contributed by atoms with Crippen LogP contribution in [0.3, 0.4) is 0 Å². The molecule has 4 nitrogen and oxygen atoms in total. The van der Waals surface area contributed by atoms with Gasteiger partial charge in [0, 0.05) is 13.0 Å². The smallest absolute Gasteiger partial charge is 0.372 e. The molecule has 92 valence electrons. The summed E-state index contributed by atoms with van der Waals surface area (Å²) in [6.45, 7) is 1.25. The molecule has 0 spiro atoms. The number of hydrogen-bond donors (Lipinski definition) is 1. The molecule has 0 bridgehead atoms. The van der Waals surface area contributed by atoms with Crippen LogP contribution in [0.25, 0.3) is 0 Å². The minimum absolute atomic E-state index is 0.0286. The topological polar surface area (TPSA) is 42.8 Å². The first-order valence-electron chi connectivity index (χ1n) is 4.72. The molecule has 0 saturated heterocycles. The Morgan fingerprint density at radius 3 is 2.75 bits per heavy atom. The molecule has 0 aliphatic carbocycles. The first kappa shape index (κ1) is 13.2. The van der Waals surface area contributed by atoms with Gasteiger partial charge in [-0.15, -0.1) is 0 Å². The monoisotopic (exact) mass is 255 g/mol. The van der Waals surface area contributed by atoms with Crippen LogP contribution in [0.15, 0.2) is 0 Å². The van der Waals surface area contributed by atoms with E-state index < -0.39 is 12.8 Å². The highest BCUT2D eigenvalue weighted by Gasteiger charge is 2.27. The molecule has 1 aromatic rings. The molecule has 1 rings (SSSR count). The second kappa shape index (κ2) is 5.44. The van der Waals surface area contributed by atoms with Gasteiger partial charge in [0.2, 0.25) is 0 Å². The van der Waals surface area contributed by atoms with Gasteiger partial charge in [-0.2, -0.15) is 18.3 Å². The zero-order valence-electron chi connectivity index (χ0n) is 8.67. The van der Waals surface area contributed by atoms with E-state index in [1.165, 1.54) is 0 Å². The average Bonchev–Trinajstić information content (AvgIpc) is 2.52. The fourth-order valence-electron chi connectivity index (χ4n) is 1.22. The molecule has 1 heterocycles. The van der Waals surface area contributed by atoms with Crippen molar-refractivity contribution in [3.05, 3.63) is 10.6 Å². The van der Waals surface area contributed by atoms with Crippen molar-refractivity contribution in [2.45, 2.75) is 26.1 Å². The van der Waals surface area contributed by atoms with Crippen molar-refractivity contribution in [3.8, 4) is 0 Å². The van der Waals surface area contributed by atoms with Crippen LogP contribution in [0, 0.1) is 4.77 Å². The molecule has 16 heavy (non-hydrogen) atoms. The second-order valence-corrected chi connectivity index (χ2v) is 3.49. The molecular formula is C8H12F3N3OS. The maximum atomic E-state index is 11.8. The van der Waals surface area contributed by atoms with Crippen molar-refractivity contribution in [1.82, 2.24) is 14.8 Å². The number of alkyl halides is 3. The van der Waals surface area contributed by atoms with Gasteiger partial charge in [-0.1, -0.05) is 0 Å². The van der Waals surface area contributed by atoms with Gasteiger partial charge in [0.15, 0.2) is 4.77 Å². The summed E-state index contributed by atoms with van der Waals surface area (Å²) in [5.74, 6) is 0.606. The number of hydrogen-bond acceptors (Lipinski definition) is 3. The molecule has 0 aliphatic heterocycles. The summed E-state index contributed by atoms with van der Waals surface area (Å²) >= 11 is 4.93. The summed E-state index contributed by atoms with van der Waals surface area (Å²) in [5, 5.41) is 6.49. The van der Waals surface area contributed by atoms with Crippen molar-refractivity contribution < 1.29 is 17.9 Å². The number of nitrogens with one attached hydrogen (secondary N) is 1. The van der Waals surface area contributed by atoms with Crippen molar-refractivity contribution in [3.63, 3.8) is 0 Å². The van der Waals surface area contributed by atoms with Crippen LogP contribution in [0.2, 0.25) is 0 Å². The minimum atomic E-state index is -4.28. The molecular weight excluding hydrogens is 243 g/mol.